The lowest BCUT2D eigenvalue weighted by molar-refractivity contribution is 0.184. The zero-order chi connectivity index (χ0) is 14.8. The number of ether oxygens (including phenoxy) is 3. The highest BCUT2D eigenvalue weighted by atomic mass is 16.5. The Morgan fingerprint density at radius 3 is 2.55 bits per heavy atom. The van der Waals surface area contributed by atoms with Crippen LogP contribution in [0.25, 0.3) is 0 Å². The van der Waals surface area contributed by atoms with Gasteiger partial charge in [0.15, 0.2) is 0 Å². The second-order valence-electron chi connectivity index (χ2n) is 4.89. The summed E-state index contributed by atoms with van der Waals surface area (Å²) in [6.07, 6.45) is 3.75. The number of nitrogens with two attached hydrogens (primary N) is 1. The Morgan fingerprint density at radius 1 is 1.15 bits per heavy atom. The van der Waals surface area contributed by atoms with Crippen LogP contribution in [0.1, 0.15) is 31.7 Å². The molecule has 1 aromatic carbocycles. The molecular weight excluding hydrogens is 254 g/mol. The molecule has 0 heterocycles. The lowest BCUT2D eigenvalue weighted by Gasteiger charge is -2.15. The maximum absolute atomic E-state index is 6.05. The summed E-state index contributed by atoms with van der Waals surface area (Å²) in [4.78, 5) is 0. The molecule has 0 saturated heterocycles. The molecule has 0 fully saturated rings. The highest BCUT2D eigenvalue weighted by Crippen LogP contribution is 2.25. The van der Waals surface area contributed by atoms with Gasteiger partial charge in [0, 0.05) is 19.8 Å². The molecule has 4 nitrogen and oxygen atoms in total. The molecule has 1 rings (SSSR count). The van der Waals surface area contributed by atoms with Gasteiger partial charge in [-0.2, -0.15) is 0 Å². The van der Waals surface area contributed by atoms with E-state index in [0.29, 0.717) is 6.61 Å². The Balaban J connectivity index is 2.62. The largest absolute Gasteiger partial charge is 0.497 e. The van der Waals surface area contributed by atoms with Crippen molar-refractivity contribution in [3.05, 3.63) is 23.8 Å². The Labute approximate surface area is 122 Å². The fourth-order valence-electron chi connectivity index (χ4n) is 1.94. The van der Waals surface area contributed by atoms with Gasteiger partial charge in [0.25, 0.3) is 0 Å². The third kappa shape index (κ3) is 5.80. The van der Waals surface area contributed by atoms with Gasteiger partial charge in [-0.1, -0.05) is 6.92 Å². The number of benzene rings is 1. The molecular formula is C16H27NO3. The quantitative estimate of drug-likeness (QED) is 0.670. The molecule has 2 N–H and O–H groups in total. The molecule has 0 aliphatic carbocycles. The van der Waals surface area contributed by atoms with Gasteiger partial charge in [-0.15, -0.1) is 0 Å². The van der Waals surface area contributed by atoms with E-state index >= 15 is 0 Å². The lowest BCUT2D eigenvalue weighted by Crippen LogP contribution is -2.21. The van der Waals surface area contributed by atoms with Crippen molar-refractivity contribution in [1.82, 2.24) is 0 Å². The molecule has 0 bridgehead atoms. The van der Waals surface area contributed by atoms with Gasteiger partial charge in [-0.05, 0) is 49.4 Å². The maximum Gasteiger partial charge on any atom is 0.122 e. The van der Waals surface area contributed by atoms with E-state index in [0.717, 1.165) is 49.4 Å². The van der Waals surface area contributed by atoms with Crippen molar-refractivity contribution in [3.8, 4) is 11.5 Å². The number of methoxy groups -OCH3 is 2. The summed E-state index contributed by atoms with van der Waals surface area (Å²) in [5, 5.41) is 0. The van der Waals surface area contributed by atoms with Crippen LogP contribution in [0, 0.1) is 0 Å². The molecule has 0 saturated carbocycles. The van der Waals surface area contributed by atoms with Crippen LogP contribution in [-0.4, -0.2) is 33.5 Å². The minimum Gasteiger partial charge on any atom is -0.497 e. The fourth-order valence-corrected chi connectivity index (χ4v) is 1.94. The summed E-state index contributed by atoms with van der Waals surface area (Å²) < 4.78 is 16.2. The van der Waals surface area contributed by atoms with Crippen molar-refractivity contribution in [2.75, 3.05) is 27.4 Å². The topological polar surface area (TPSA) is 53.7 Å². The zero-order valence-corrected chi connectivity index (χ0v) is 12.9. The second kappa shape index (κ2) is 9.61. The number of hydrogen-bond acceptors (Lipinski definition) is 4. The number of unbranched alkanes of at least 4 members (excludes halogenated alkanes) is 1. The first-order valence-corrected chi connectivity index (χ1v) is 7.25. The zero-order valence-electron chi connectivity index (χ0n) is 12.9. The molecule has 0 amide bonds. The van der Waals surface area contributed by atoms with Gasteiger partial charge < -0.3 is 19.9 Å². The number of hydrogen-bond donors (Lipinski definition) is 1. The van der Waals surface area contributed by atoms with E-state index in [1.54, 1.807) is 14.2 Å². The average molecular weight is 281 g/mol. The van der Waals surface area contributed by atoms with Gasteiger partial charge in [0.05, 0.1) is 13.7 Å². The molecule has 1 atom stereocenters. The third-order valence-electron chi connectivity index (χ3n) is 3.27. The van der Waals surface area contributed by atoms with Crippen molar-refractivity contribution in [2.24, 2.45) is 5.73 Å². The Kier molecular flexibility index (Phi) is 8.07. The van der Waals surface area contributed by atoms with Crippen molar-refractivity contribution >= 4 is 0 Å². The highest BCUT2D eigenvalue weighted by molar-refractivity contribution is 5.40. The van der Waals surface area contributed by atoms with Gasteiger partial charge >= 0.3 is 0 Å². The molecule has 0 spiro atoms. The van der Waals surface area contributed by atoms with E-state index < -0.39 is 0 Å². The van der Waals surface area contributed by atoms with E-state index in [-0.39, 0.29) is 6.04 Å². The van der Waals surface area contributed by atoms with Crippen LogP contribution < -0.4 is 15.2 Å². The first-order chi connectivity index (χ1) is 9.71. The maximum atomic E-state index is 6.05. The highest BCUT2D eigenvalue weighted by Gasteiger charge is 2.09. The second-order valence-corrected chi connectivity index (χ2v) is 4.89. The summed E-state index contributed by atoms with van der Waals surface area (Å²) in [5.41, 5.74) is 7.16. The van der Waals surface area contributed by atoms with Gasteiger partial charge in [0.2, 0.25) is 0 Å². The standard InChI is InChI=1S/C16H27NO3/c1-4-14(17)11-13-12-15(19-3)7-8-16(13)20-10-6-5-9-18-2/h7-8,12,14H,4-6,9-11,17H2,1-3H3. The van der Waals surface area contributed by atoms with Crippen LogP contribution in [0.2, 0.25) is 0 Å². The SMILES string of the molecule is CCC(N)Cc1cc(OC)ccc1OCCCCOC. The average Bonchev–Trinajstić information content (AvgIpc) is 2.48. The Hall–Kier alpha value is -1.26. The Bertz CT molecular complexity index is 382. The molecule has 0 aliphatic rings. The normalized spacial score (nSPS) is 12.2. The lowest BCUT2D eigenvalue weighted by atomic mass is 10.0. The first kappa shape index (κ1) is 16.8. The van der Waals surface area contributed by atoms with Crippen LogP contribution in [0.4, 0.5) is 0 Å². The van der Waals surface area contributed by atoms with E-state index in [1.807, 2.05) is 18.2 Å². The monoisotopic (exact) mass is 281 g/mol. The van der Waals surface area contributed by atoms with E-state index in [2.05, 4.69) is 6.92 Å². The van der Waals surface area contributed by atoms with E-state index in [9.17, 15) is 0 Å². The van der Waals surface area contributed by atoms with Crippen LogP contribution in [-0.2, 0) is 11.2 Å². The van der Waals surface area contributed by atoms with Crippen molar-refractivity contribution in [2.45, 2.75) is 38.6 Å². The van der Waals surface area contributed by atoms with Crippen molar-refractivity contribution < 1.29 is 14.2 Å². The summed E-state index contributed by atoms with van der Waals surface area (Å²) in [7, 11) is 3.39. The predicted octanol–water partition coefficient (Wildman–Crippen LogP) is 2.78. The van der Waals surface area contributed by atoms with Crippen LogP contribution in [0.3, 0.4) is 0 Å². The van der Waals surface area contributed by atoms with Gasteiger partial charge in [-0.3, -0.25) is 0 Å². The third-order valence-corrected chi connectivity index (χ3v) is 3.27. The Morgan fingerprint density at radius 2 is 1.90 bits per heavy atom. The minimum atomic E-state index is 0.151. The van der Waals surface area contributed by atoms with Gasteiger partial charge in [-0.25, -0.2) is 0 Å². The van der Waals surface area contributed by atoms with Crippen LogP contribution in [0.5, 0.6) is 11.5 Å². The summed E-state index contributed by atoms with van der Waals surface area (Å²) in [6.45, 7) is 3.57. The summed E-state index contributed by atoms with van der Waals surface area (Å²) in [5.74, 6) is 1.75. The number of rotatable bonds is 10. The predicted molar refractivity (Wildman–Crippen MR) is 81.6 cm³/mol. The van der Waals surface area contributed by atoms with Crippen LogP contribution in [0.15, 0.2) is 18.2 Å². The molecule has 0 aliphatic heterocycles. The van der Waals surface area contributed by atoms with Crippen molar-refractivity contribution in [1.29, 1.82) is 0 Å². The van der Waals surface area contributed by atoms with Crippen molar-refractivity contribution in [3.63, 3.8) is 0 Å². The van der Waals surface area contributed by atoms with E-state index in [4.69, 9.17) is 19.9 Å². The first-order valence-electron chi connectivity index (χ1n) is 7.25. The van der Waals surface area contributed by atoms with Crippen LogP contribution >= 0.6 is 0 Å². The molecule has 114 valence electrons. The molecule has 20 heavy (non-hydrogen) atoms. The minimum absolute atomic E-state index is 0.151. The van der Waals surface area contributed by atoms with Gasteiger partial charge in [0.1, 0.15) is 11.5 Å². The summed E-state index contributed by atoms with van der Waals surface area (Å²) >= 11 is 0. The molecule has 0 radical (unpaired) electrons. The molecule has 0 aromatic heterocycles. The molecule has 1 aromatic rings. The summed E-state index contributed by atoms with van der Waals surface area (Å²) in [6, 6.07) is 6.05. The molecule has 4 heteroatoms. The fraction of sp³-hybridized carbons (Fsp3) is 0.625. The molecule has 1 unspecified atom stereocenters. The smallest absolute Gasteiger partial charge is 0.122 e. The van der Waals surface area contributed by atoms with E-state index in [1.165, 1.54) is 0 Å².